The first-order valence-electron chi connectivity index (χ1n) is 14.7. The molecule has 0 unspecified atom stereocenters. The molecule has 42 heavy (non-hydrogen) atoms. The zero-order chi connectivity index (χ0) is 30.2. The predicted molar refractivity (Wildman–Crippen MR) is 156 cm³/mol. The number of aliphatic hydroxyl groups is 1. The van der Waals surface area contributed by atoms with Crippen molar-refractivity contribution >= 4 is 17.7 Å². The molecule has 0 spiro atoms. The fourth-order valence-electron chi connectivity index (χ4n) is 6.48. The molecule has 0 saturated carbocycles. The number of carboxylic acid groups (broad SMARTS) is 1. The van der Waals surface area contributed by atoms with Gasteiger partial charge >= 0.3 is 6.09 Å². The molecule has 228 valence electrons. The molecule has 2 N–H and O–H groups in total. The maximum Gasteiger partial charge on any atom is 0.407 e. The topological polar surface area (TPSA) is 110 Å². The van der Waals surface area contributed by atoms with Crippen LogP contribution in [-0.4, -0.2) is 113 Å². The lowest BCUT2D eigenvalue weighted by atomic mass is 9.90. The number of benzene rings is 1. The molecule has 2 amide bonds. The van der Waals surface area contributed by atoms with Crippen molar-refractivity contribution in [3.05, 3.63) is 58.7 Å². The first-order valence-corrected chi connectivity index (χ1v) is 14.7. The summed E-state index contributed by atoms with van der Waals surface area (Å²) in [6, 6.07) is 8.02. The highest BCUT2D eigenvalue weighted by molar-refractivity contribution is 5.97. The first kappa shape index (κ1) is 30.3. The van der Waals surface area contributed by atoms with Crippen LogP contribution < -0.4 is 4.90 Å². The number of ether oxygens (including phenoxy) is 1. The molecule has 1 aromatic carbocycles. The minimum atomic E-state index is -0.942. The van der Waals surface area contributed by atoms with Gasteiger partial charge in [-0.3, -0.25) is 19.6 Å². The monoisotopic (exact) mass is 583 g/mol. The fourth-order valence-corrected chi connectivity index (χ4v) is 6.48. The van der Waals surface area contributed by atoms with Gasteiger partial charge in [-0.2, -0.15) is 0 Å². The van der Waals surface area contributed by atoms with E-state index in [-0.39, 0.29) is 43.0 Å². The third-order valence-electron chi connectivity index (χ3n) is 8.90. The van der Waals surface area contributed by atoms with Crippen LogP contribution in [0.4, 0.5) is 14.9 Å². The Morgan fingerprint density at radius 1 is 1.12 bits per heavy atom. The summed E-state index contributed by atoms with van der Waals surface area (Å²) in [6.07, 6.45) is -0.490. The van der Waals surface area contributed by atoms with E-state index >= 15 is 0 Å². The lowest BCUT2D eigenvalue weighted by molar-refractivity contribution is -0.121. The molecule has 11 heteroatoms. The van der Waals surface area contributed by atoms with E-state index in [1.54, 1.807) is 17.0 Å². The van der Waals surface area contributed by atoms with Crippen LogP contribution in [0.3, 0.4) is 0 Å². The van der Waals surface area contributed by atoms with Crippen LogP contribution in [-0.2, 0) is 28.0 Å². The van der Waals surface area contributed by atoms with Crippen LogP contribution in [0.25, 0.3) is 0 Å². The average molecular weight is 584 g/mol. The van der Waals surface area contributed by atoms with Crippen LogP contribution in [0.2, 0.25) is 0 Å². The number of aliphatic hydroxyl groups excluding tert-OH is 1. The number of aromatic nitrogens is 1. The number of morpholine rings is 1. The minimum Gasteiger partial charge on any atom is -0.465 e. The number of hydrogen-bond acceptors (Lipinski definition) is 7. The van der Waals surface area contributed by atoms with Crippen molar-refractivity contribution in [1.29, 1.82) is 0 Å². The molecular formula is C31H42FN5O5. The van der Waals surface area contributed by atoms with Gasteiger partial charge in [0.1, 0.15) is 5.82 Å². The summed E-state index contributed by atoms with van der Waals surface area (Å²) in [6.45, 7) is 11.9. The minimum absolute atomic E-state index is 0.0656. The quantitative estimate of drug-likeness (QED) is 0.512. The number of anilines is 1. The third-order valence-corrected chi connectivity index (χ3v) is 8.90. The van der Waals surface area contributed by atoms with Crippen LogP contribution in [0.1, 0.15) is 50.2 Å². The van der Waals surface area contributed by atoms with Crippen molar-refractivity contribution in [3.63, 3.8) is 0 Å². The van der Waals surface area contributed by atoms with Gasteiger partial charge in [0, 0.05) is 56.3 Å². The molecule has 0 aliphatic carbocycles. The number of rotatable bonds is 7. The van der Waals surface area contributed by atoms with Crippen molar-refractivity contribution in [2.24, 2.45) is 0 Å². The lowest BCUT2D eigenvalue weighted by Gasteiger charge is -2.47. The third kappa shape index (κ3) is 6.29. The molecule has 3 aliphatic heterocycles. The number of amides is 2. The first-order chi connectivity index (χ1) is 20.0. The van der Waals surface area contributed by atoms with E-state index in [1.165, 1.54) is 17.0 Å². The van der Waals surface area contributed by atoms with Gasteiger partial charge in [-0.05, 0) is 49.6 Å². The van der Waals surface area contributed by atoms with E-state index in [9.17, 15) is 24.2 Å². The summed E-state index contributed by atoms with van der Waals surface area (Å²) in [7, 11) is 0. The Bertz CT molecular complexity index is 1310. The Morgan fingerprint density at radius 3 is 2.52 bits per heavy atom. The van der Waals surface area contributed by atoms with Crippen LogP contribution in [0.5, 0.6) is 0 Å². The van der Waals surface area contributed by atoms with E-state index < -0.39 is 11.5 Å². The summed E-state index contributed by atoms with van der Waals surface area (Å²) >= 11 is 0. The zero-order valence-electron chi connectivity index (χ0n) is 24.9. The van der Waals surface area contributed by atoms with Gasteiger partial charge in [0.2, 0.25) is 5.91 Å². The second-order valence-corrected chi connectivity index (χ2v) is 12.6. The Labute approximate surface area is 246 Å². The molecular weight excluding hydrogens is 541 g/mol. The largest absolute Gasteiger partial charge is 0.465 e. The highest BCUT2D eigenvalue weighted by Crippen LogP contribution is 2.41. The van der Waals surface area contributed by atoms with Gasteiger partial charge in [-0.15, -0.1) is 0 Å². The molecule has 3 aliphatic rings. The highest BCUT2D eigenvalue weighted by Gasteiger charge is 2.42. The summed E-state index contributed by atoms with van der Waals surface area (Å²) in [5.74, 6) is -0.379. The Morgan fingerprint density at radius 2 is 1.86 bits per heavy atom. The predicted octanol–water partition coefficient (Wildman–Crippen LogP) is 2.70. The molecule has 2 saturated heterocycles. The SMILES string of the molecule is C[C@@H]1COCCN1C[C@H]1CN(C(=O)O)[C@H](C)CN1CC(=O)N1CC(C)(C)c2nc(CO)c(Cc3ccc(F)cc3)cc21. The molecule has 2 fully saturated rings. The van der Waals surface area contributed by atoms with E-state index in [1.807, 2.05) is 26.8 Å². The fraction of sp³-hybridized carbons (Fsp3) is 0.581. The molecule has 2 aromatic rings. The molecule has 0 radical (unpaired) electrons. The van der Waals surface area contributed by atoms with Crippen molar-refractivity contribution in [3.8, 4) is 0 Å². The molecule has 1 aromatic heterocycles. The van der Waals surface area contributed by atoms with Crippen LogP contribution >= 0.6 is 0 Å². The molecule has 0 bridgehead atoms. The Hall–Kier alpha value is -3.12. The van der Waals surface area contributed by atoms with E-state index in [4.69, 9.17) is 9.72 Å². The summed E-state index contributed by atoms with van der Waals surface area (Å²) < 4.78 is 19.1. The number of halogens is 1. The van der Waals surface area contributed by atoms with Crippen LogP contribution in [0, 0.1) is 5.82 Å². The number of nitrogens with zero attached hydrogens (tertiary/aromatic N) is 5. The molecule has 5 rings (SSSR count). The molecule has 3 atom stereocenters. The summed E-state index contributed by atoms with van der Waals surface area (Å²) in [5.41, 5.74) is 3.31. The summed E-state index contributed by atoms with van der Waals surface area (Å²) in [5, 5.41) is 20.0. The van der Waals surface area contributed by atoms with Crippen molar-refractivity contribution < 1.29 is 28.9 Å². The van der Waals surface area contributed by atoms with Crippen molar-refractivity contribution in [2.45, 2.75) is 64.3 Å². The lowest BCUT2D eigenvalue weighted by Crippen LogP contribution is -2.64. The second-order valence-electron chi connectivity index (χ2n) is 12.6. The standard InChI is InChI=1S/C31H42FN5O5/c1-20-13-35(25(15-36(20)30(40)41)14-34-9-10-42-18-21(34)2)16-28(39)37-19-31(3,4)29-27(37)12-23(26(17-38)33-29)11-22-5-7-24(32)8-6-22/h5-8,12,20-21,25,38H,9-11,13-19H2,1-4H3,(H,40,41)/t20-,21-,25+/m1/s1. The average Bonchev–Trinajstić information content (AvgIpc) is 3.21. The number of fused-ring (bicyclic) bond motifs is 1. The van der Waals surface area contributed by atoms with Crippen LogP contribution in [0.15, 0.2) is 30.3 Å². The van der Waals surface area contributed by atoms with Gasteiger partial charge in [0.25, 0.3) is 0 Å². The smallest absolute Gasteiger partial charge is 0.407 e. The summed E-state index contributed by atoms with van der Waals surface area (Å²) in [4.78, 5) is 38.6. The zero-order valence-corrected chi connectivity index (χ0v) is 24.9. The van der Waals surface area contributed by atoms with Gasteiger partial charge in [0.15, 0.2) is 0 Å². The van der Waals surface area contributed by atoms with E-state index in [0.29, 0.717) is 51.5 Å². The second kappa shape index (κ2) is 12.2. The van der Waals surface area contributed by atoms with Gasteiger partial charge in [-0.25, -0.2) is 9.18 Å². The van der Waals surface area contributed by atoms with E-state index in [0.717, 1.165) is 29.1 Å². The number of pyridine rings is 1. The maximum absolute atomic E-state index is 14.1. The number of hydrogen-bond donors (Lipinski definition) is 2. The number of piperazine rings is 1. The molecule has 10 nitrogen and oxygen atoms in total. The van der Waals surface area contributed by atoms with Gasteiger partial charge in [-0.1, -0.05) is 26.0 Å². The number of carbonyl (C=O) groups is 2. The van der Waals surface area contributed by atoms with Gasteiger partial charge in [0.05, 0.1) is 43.4 Å². The van der Waals surface area contributed by atoms with E-state index in [2.05, 4.69) is 16.7 Å². The normalized spacial score (nSPS) is 24.6. The molecule has 4 heterocycles. The van der Waals surface area contributed by atoms with Gasteiger partial charge < -0.3 is 24.7 Å². The van der Waals surface area contributed by atoms with Crippen molar-refractivity contribution in [1.82, 2.24) is 19.7 Å². The highest BCUT2D eigenvalue weighted by atomic mass is 19.1. The Kier molecular flexibility index (Phi) is 8.84. The Balaban J connectivity index is 1.40. The van der Waals surface area contributed by atoms with Crippen molar-refractivity contribution in [2.75, 3.05) is 57.4 Å². The number of carbonyl (C=O) groups excluding carboxylic acids is 1. The maximum atomic E-state index is 14.1.